The molecule has 1 aromatic heterocycles. The highest BCUT2D eigenvalue weighted by atomic mass is 16.2. The van der Waals surface area contributed by atoms with Crippen molar-refractivity contribution in [3.8, 4) is 0 Å². The lowest BCUT2D eigenvalue weighted by Gasteiger charge is -2.22. The summed E-state index contributed by atoms with van der Waals surface area (Å²) in [5.74, 6) is -0.0875. The van der Waals surface area contributed by atoms with Gasteiger partial charge in [0, 0.05) is 18.9 Å². The number of hydrogen-bond donors (Lipinski definition) is 2. The first-order valence-corrected chi connectivity index (χ1v) is 5.64. The summed E-state index contributed by atoms with van der Waals surface area (Å²) in [5, 5.41) is 2.87. The van der Waals surface area contributed by atoms with Crippen LogP contribution in [0, 0.1) is 0 Å². The number of rotatable bonds is 5. The molecule has 1 unspecified atom stereocenters. The fraction of sp³-hybridized carbons (Fsp3) is 0.583. The molecule has 1 aromatic rings. The number of nitrogens with one attached hydrogen (secondary N) is 1. The van der Waals surface area contributed by atoms with E-state index in [1.165, 1.54) is 0 Å². The smallest absolute Gasteiger partial charge is 0.240 e. The summed E-state index contributed by atoms with van der Waals surface area (Å²) in [6.45, 7) is 4.32. The third-order valence-corrected chi connectivity index (χ3v) is 2.77. The maximum atomic E-state index is 11.8. The normalized spacial score (nSPS) is 14.5. The molecule has 16 heavy (non-hydrogen) atoms. The molecule has 1 rings (SSSR count). The number of aryl methyl sites for hydroxylation is 1. The van der Waals surface area contributed by atoms with Crippen LogP contribution in [0.15, 0.2) is 18.3 Å². The zero-order valence-corrected chi connectivity index (χ0v) is 10.3. The predicted molar refractivity (Wildman–Crippen MR) is 64.8 cm³/mol. The molecule has 0 spiro atoms. The van der Waals surface area contributed by atoms with Crippen molar-refractivity contribution in [2.75, 3.05) is 0 Å². The summed E-state index contributed by atoms with van der Waals surface area (Å²) >= 11 is 0. The Morgan fingerprint density at radius 1 is 1.62 bits per heavy atom. The Morgan fingerprint density at radius 3 is 2.81 bits per heavy atom. The summed E-state index contributed by atoms with van der Waals surface area (Å²) < 4.78 is 1.98. The third kappa shape index (κ3) is 3.10. The van der Waals surface area contributed by atoms with E-state index in [1.54, 1.807) is 6.92 Å². The van der Waals surface area contributed by atoms with Gasteiger partial charge in [0.2, 0.25) is 5.91 Å². The summed E-state index contributed by atoms with van der Waals surface area (Å²) in [6.07, 6.45) is 3.56. The number of carbonyl (C=O) groups excluding carboxylic acids is 1. The zero-order valence-electron chi connectivity index (χ0n) is 10.3. The van der Waals surface area contributed by atoms with Gasteiger partial charge in [-0.25, -0.2) is 0 Å². The molecule has 3 N–H and O–H groups in total. The highest BCUT2D eigenvalue weighted by Gasteiger charge is 2.26. The highest BCUT2D eigenvalue weighted by Crippen LogP contribution is 2.09. The lowest BCUT2D eigenvalue weighted by atomic mass is 9.96. The second kappa shape index (κ2) is 5.16. The molecule has 0 fully saturated rings. The minimum atomic E-state index is -0.764. The minimum Gasteiger partial charge on any atom is -0.353 e. The number of aromatic nitrogens is 1. The lowest BCUT2D eigenvalue weighted by Crippen LogP contribution is -2.51. The van der Waals surface area contributed by atoms with E-state index in [0.29, 0.717) is 13.0 Å². The third-order valence-electron chi connectivity index (χ3n) is 2.77. The van der Waals surface area contributed by atoms with Crippen molar-refractivity contribution in [1.82, 2.24) is 9.88 Å². The van der Waals surface area contributed by atoms with Crippen LogP contribution in [0.1, 0.15) is 32.4 Å². The van der Waals surface area contributed by atoms with Crippen LogP contribution in [0.2, 0.25) is 0 Å². The Kier molecular flexibility index (Phi) is 4.12. The molecule has 0 radical (unpaired) electrons. The maximum Gasteiger partial charge on any atom is 0.240 e. The topological polar surface area (TPSA) is 60.1 Å². The van der Waals surface area contributed by atoms with E-state index in [-0.39, 0.29) is 5.91 Å². The summed E-state index contributed by atoms with van der Waals surface area (Å²) in [6, 6.07) is 3.93. The number of nitrogens with zero attached hydrogens (tertiary/aromatic N) is 1. The minimum absolute atomic E-state index is 0.0875. The fourth-order valence-corrected chi connectivity index (χ4v) is 1.69. The molecule has 1 heterocycles. The standard InChI is InChI=1S/C12H21N3O/c1-4-7-12(2,13)11(16)14-9-10-6-5-8-15(10)3/h5-6,8H,4,7,9,13H2,1-3H3,(H,14,16). The predicted octanol–water partition coefficient (Wildman–Crippen LogP) is 1.16. The molecule has 4 heteroatoms. The molecule has 0 aromatic carbocycles. The van der Waals surface area contributed by atoms with Gasteiger partial charge in [-0.05, 0) is 25.5 Å². The van der Waals surface area contributed by atoms with Crippen LogP contribution >= 0.6 is 0 Å². The monoisotopic (exact) mass is 223 g/mol. The lowest BCUT2D eigenvalue weighted by molar-refractivity contribution is -0.126. The Bertz CT molecular complexity index is 355. The van der Waals surface area contributed by atoms with Crippen LogP contribution in [-0.2, 0) is 18.4 Å². The molecule has 0 saturated carbocycles. The maximum absolute atomic E-state index is 11.8. The highest BCUT2D eigenvalue weighted by molar-refractivity contribution is 5.85. The van der Waals surface area contributed by atoms with Crippen molar-refractivity contribution in [1.29, 1.82) is 0 Å². The average molecular weight is 223 g/mol. The van der Waals surface area contributed by atoms with Crippen LogP contribution in [-0.4, -0.2) is 16.0 Å². The molecule has 0 saturated heterocycles. The molecule has 0 aliphatic carbocycles. The van der Waals surface area contributed by atoms with Gasteiger partial charge in [-0.2, -0.15) is 0 Å². The fourth-order valence-electron chi connectivity index (χ4n) is 1.69. The van der Waals surface area contributed by atoms with E-state index in [0.717, 1.165) is 12.1 Å². The van der Waals surface area contributed by atoms with Gasteiger partial charge in [-0.1, -0.05) is 13.3 Å². The number of amides is 1. The van der Waals surface area contributed by atoms with Crippen LogP contribution in [0.5, 0.6) is 0 Å². The largest absolute Gasteiger partial charge is 0.353 e. The van der Waals surface area contributed by atoms with Crippen LogP contribution in [0.25, 0.3) is 0 Å². The summed E-state index contributed by atoms with van der Waals surface area (Å²) in [7, 11) is 1.95. The Balaban J connectivity index is 2.50. The van der Waals surface area contributed by atoms with E-state index in [9.17, 15) is 4.79 Å². The van der Waals surface area contributed by atoms with Crippen LogP contribution in [0.4, 0.5) is 0 Å². The van der Waals surface area contributed by atoms with Gasteiger partial charge in [0.1, 0.15) is 0 Å². The van der Waals surface area contributed by atoms with Crippen molar-refractivity contribution in [3.05, 3.63) is 24.0 Å². The summed E-state index contributed by atoms with van der Waals surface area (Å²) in [5.41, 5.74) is 6.24. The molecule has 0 aliphatic rings. The number of carbonyl (C=O) groups is 1. The van der Waals surface area contributed by atoms with Gasteiger partial charge in [0.15, 0.2) is 0 Å². The first kappa shape index (κ1) is 12.8. The Labute approximate surface area is 96.8 Å². The van der Waals surface area contributed by atoms with Crippen LogP contribution in [0.3, 0.4) is 0 Å². The number of hydrogen-bond acceptors (Lipinski definition) is 2. The zero-order chi connectivity index (χ0) is 12.2. The second-order valence-electron chi connectivity index (χ2n) is 4.46. The van der Waals surface area contributed by atoms with E-state index >= 15 is 0 Å². The molecular weight excluding hydrogens is 202 g/mol. The van der Waals surface area contributed by atoms with Crippen molar-refractivity contribution in [2.24, 2.45) is 12.8 Å². The van der Waals surface area contributed by atoms with Crippen molar-refractivity contribution >= 4 is 5.91 Å². The Hall–Kier alpha value is -1.29. The SMILES string of the molecule is CCCC(C)(N)C(=O)NCc1cccn1C. The first-order valence-electron chi connectivity index (χ1n) is 5.64. The van der Waals surface area contributed by atoms with Gasteiger partial charge in [0.25, 0.3) is 0 Å². The second-order valence-corrected chi connectivity index (χ2v) is 4.46. The quantitative estimate of drug-likeness (QED) is 0.787. The molecule has 90 valence electrons. The van der Waals surface area contributed by atoms with Crippen molar-refractivity contribution in [3.63, 3.8) is 0 Å². The molecule has 1 amide bonds. The van der Waals surface area contributed by atoms with E-state index in [1.807, 2.05) is 36.9 Å². The number of nitrogens with two attached hydrogens (primary N) is 1. The molecule has 4 nitrogen and oxygen atoms in total. The van der Waals surface area contributed by atoms with Crippen molar-refractivity contribution in [2.45, 2.75) is 38.8 Å². The average Bonchev–Trinajstić information content (AvgIpc) is 2.60. The van der Waals surface area contributed by atoms with E-state index in [2.05, 4.69) is 5.32 Å². The molecule has 0 bridgehead atoms. The Morgan fingerprint density at radius 2 is 2.31 bits per heavy atom. The molecular formula is C12H21N3O. The van der Waals surface area contributed by atoms with Gasteiger partial charge in [-0.3, -0.25) is 4.79 Å². The first-order chi connectivity index (χ1) is 7.47. The molecule has 0 aliphatic heterocycles. The van der Waals surface area contributed by atoms with Gasteiger partial charge in [0.05, 0.1) is 12.1 Å². The van der Waals surface area contributed by atoms with Gasteiger partial charge >= 0.3 is 0 Å². The van der Waals surface area contributed by atoms with E-state index in [4.69, 9.17) is 5.73 Å². The van der Waals surface area contributed by atoms with Crippen molar-refractivity contribution < 1.29 is 4.79 Å². The molecule has 1 atom stereocenters. The van der Waals surface area contributed by atoms with E-state index < -0.39 is 5.54 Å². The summed E-state index contributed by atoms with van der Waals surface area (Å²) in [4.78, 5) is 11.8. The van der Waals surface area contributed by atoms with Gasteiger partial charge in [-0.15, -0.1) is 0 Å². The van der Waals surface area contributed by atoms with Gasteiger partial charge < -0.3 is 15.6 Å². The van der Waals surface area contributed by atoms with Crippen LogP contribution < -0.4 is 11.1 Å².